The number of aryl methyl sites for hydroxylation is 1. The zero-order chi connectivity index (χ0) is 15.4. The van der Waals surface area contributed by atoms with Gasteiger partial charge >= 0.3 is 0 Å². The Bertz CT molecular complexity index is 640. The number of aliphatic hydroxyl groups is 2. The molecule has 3 N–H and O–H groups in total. The average molecular weight is 312 g/mol. The molecular formula is C14H15ClFN3O2. The molecule has 0 saturated carbocycles. The smallest absolute Gasteiger partial charge is 0.161 e. The zero-order valence-corrected chi connectivity index (χ0v) is 12.1. The number of aromatic nitrogens is 2. The topological polar surface area (TPSA) is 78.3 Å². The number of nitrogens with zero attached hydrogens (tertiary/aromatic N) is 2. The van der Waals surface area contributed by atoms with Crippen molar-refractivity contribution in [2.45, 2.75) is 13.0 Å². The summed E-state index contributed by atoms with van der Waals surface area (Å²) < 4.78 is 13.5. The largest absolute Gasteiger partial charge is 0.394 e. The van der Waals surface area contributed by atoms with Crippen molar-refractivity contribution < 1.29 is 14.6 Å². The molecule has 0 fully saturated rings. The van der Waals surface area contributed by atoms with Crippen LogP contribution in [0.3, 0.4) is 0 Å². The maximum Gasteiger partial charge on any atom is 0.161 e. The fraction of sp³-hybridized carbons (Fsp3) is 0.286. The van der Waals surface area contributed by atoms with Gasteiger partial charge in [0.05, 0.1) is 17.7 Å². The van der Waals surface area contributed by atoms with Gasteiger partial charge in [-0.2, -0.15) is 0 Å². The molecule has 1 aromatic carbocycles. The van der Waals surface area contributed by atoms with Crippen LogP contribution in [0.4, 0.5) is 10.2 Å². The molecule has 112 valence electrons. The van der Waals surface area contributed by atoms with Crippen LogP contribution in [0, 0.1) is 12.7 Å². The molecule has 21 heavy (non-hydrogen) atoms. The van der Waals surface area contributed by atoms with Crippen LogP contribution >= 0.6 is 11.6 Å². The molecule has 0 aliphatic carbocycles. The molecular weight excluding hydrogens is 297 g/mol. The lowest BCUT2D eigenvalue weighted by molar-refractivity contribution is 0.105. The fourth-order valence-corrected chi connectivity index (χ4v) is 1.83. The Morgan fingerprint density at radius 2 is 2.10 bits per heavy atom. The molecule has 2 aromatic rings. The number of anilines is 1. The third-order valence-electron chi connectivity index (χ3n) is 2.76. The second kappa shape index (κ2) is 6.80. The second-order valence-electron chi connectivity index (χ2n) is 4.56. The molecule has 0 saturated heterocycles. The number of rotatable bonds is 5. The van der Waals surface area contributed by atoms with E-state index in [0.29, 0.717) is 22.9 Å². The van der Waals surface area contributed by atoms with Crippen LogP contribution in [-0.2, 0) is 0 Å². The first-order valence-corrected chi connectivity index (χ1v) is 6.71. The van der Waals surface area contributed by atoms with E-state index in [1.165, 1.54) is 12.1 Å². The maximum absolute atomic E-state index is 13.5. The highest BCUT2D eigenvalue weighted by Crippen LogP contribution is 2.23. The third-order valence-corrected chi connectivity index (χ3v) is 3.07. The van der Waals surface area contributed by atoms with Gasteiger partial charge in [0.15, 0.2) is 5.82 Å². The van der Waals surface area contributed by atoms with Crippen LogP contribution in [0.5, 0.6) is 0 Å². The summed E-state index contributed by atoms with van der Waals surface area (Å²) in [7, 11) is 0. The van der Waals surface area contributed by atoms with Gasteiger partial charge in [-0.05, 0) is 25.1 Å². The van der Waals surface area contributed by atoms with Crippen LogP contribution in [0.1, 0.15) is 5.69 Å². The van der Waals surface area contributed by atoms with E-state index < -0.39 is 11.9 Å². The first-order chi connectivity index (χ1) is 9.99. The van der Waals surface area contributed by atoms with Crippen molar-refractivity contribution in [1.82, 2.24) is 9.97 Å². The van der Waals surface area contributed by atoms with Gasteiger partial charge in [0.1, 0.15) is 11.6 Å². The van der Waals surface area contributed by atoms with E-state index in [2.05, 4.69) is 15.3 Å². The van der Waals surface area contributed by atoms with Crippen LogP contribution in [0.25, 0.3) is 11.4 Å². The van der Waals surface area contributed by atoms with Crippen molar-refractivity contribution in [3.8, 4) is 11.4 Å². The summed E-state index contributed by atoms with van der Waals surface area (Å²) in [5.74, 6) is 0.302. The predicted molar refractivity (Wildman–Crippen MR) is 78.8 cm³/mol. The van der Waals surface area contributed by atoms with Crippen LogP contribution in [-0.4, -0.2) is 39.4 Å². The van der Waals surface area contributed by atoms with E-state index in [-0.39, 0.29) is 18.2 Å². The van der Waals surface area contributed by atoms with Crippen molar-refractivity contribution in [2.24, 2.45) is 0 Å². The Morgan fingerprint density at radius 3 is 2.76 bits per heavy atom. The van der Waals surface area contributed by atoms with Gasteiger partial charge in [-0.1, -0.05) is 11.6 Å². The fourth-order valence-electron chi connectivity index (χ4n) is 1.71. The van der Waals surface area contributed by atoms with Gasteiger partial charge < -0.3 is 15.5 Å². The summed E-state index contributed by atoms with van der Waals surface area (Å²) in [5.41, 5.74) is 1.20. The molecule has 0 bridgehead atoms. The van der Waals surface area contributed by atoms with E-state index in [4.69, 9.17) is 16.7 Å². The van der Waals surface area contributed by atoms with Gasteiger partial charge in [0.25, 0.3) is 0 Å². The molecule has 5 nitrogen and oxygen atoms in total. The molecule has 1 unspecified atom stereocenters. The number of hydrogen-bond acceptors (Lipinski definition) is 5. The lowest BCUT2D eigenvalue weighted by Crippen LogP contribution is -2.23. The van der Waals surface area contributed by atoms with E-state index in [0.717, 1.165) is 0 Å². The Balaban J connectivity index is 2.27. The Morgan fingerprint density at radius 1 is 1.33 bits per heavy atom. The van der Waals surface area contributed by atoms with E-state index >= 15 is 0 Å². The van der Waals surface area contributed by atoms with Gasteiger partial charge in [-0.25, -0.2) is 14.4 Å². The monoisotopic (exact) mass is 311 g/mol. The molecule has 0 amide bonds. The Hall–Kier alpha value is -1.76. The molecule has 7 heteroatoms. The maximum atomic E-state index is 13.5. The van der Waals surface area contributed by atoms with Crippen molar-refractivity contribution in [1.29, 1.82) is 0 Å². The van der Waals surface area contributed by atoms with Gasteiger partial charge in [-0.3, -0.25) is 0 Å². The molecule has 2 rings (SSSR count). The predicted octanol–water partition coefficient (Wildman–Crippen LogP) is 2.01. The summed E-state index contributed by atoms with van der Waals surface area (Å²) in [6.07, 6.45) is -0.878. The van der Waals surface area contributed by atoms with Crippen molar-refractivity contribution in [3.63, 3.8) is 0 Å². The zero-order valence-electron chi connectivity index (χ0n) is 11.3. The second-order valence-corrected chi connectivity index (χ2v) is 4.97. The number of halogens is 2. The van der Waals surface area contributed by atoms with E-state index in [9.17, 15) is 9.50 Å². The lowest BCUT2D eigenvalue weighted by atomic mass is 10.2. The van der Waals surface area contributed by atoms with Crippen molar-refractivity contribution in [3.05, 3.63) is 40.8 Å². The number of benzene rings is 1. The summed E-state index contributed by atoms with van der Waals surface area (Å²) in [6, 6.07) is 6.04. The Kier molecular flexibility index (Phi) is 5.06. The lowest BCUT2D eigenvalue weighted by Gasteiger charge is -2.11. The molecule has 1 atom stereocenters. The van der Waals surface area contributed by atoms with E-state index in [1.54, 1.807) is 19.1 Å². The van der Waals surface area contributed by atoms with Crippen molar-refractivity contribution in [2.75, 3.05) is 18.5 Å². The van der Waals surface area contributed by atoms with Crippen molar-refractivity contribution >= 4 is 17.4 Å². The molecule has 0 radical (unpaired) electrons. The third kappa shape index (κ3) is 4.10. The molecule has 0 aliphatic heterocycles. The minimum atomic E-state index is -0.878. The highest BCUT2D eigenvalue weighted by molar-refractivity contribution is 6.30. The number of hydrogen-bond donors (Lipinski definition) is 3. The molecule has 1 heterocycles. The Labute approximate surface area is 126 Å². The summed E-state index contributed by atoms with van der Waals surface area (Å²) >= 11 is 5.65. The standard InChI is InChI=1S/C14H15ClFN3O2/c1-8-4-13(17-6-10(21)7-20)19-14(18-8)9-2-3-11(15)12(16)5-9/h2-5,10,20-21H,6-7H2,1H3,(H,17,18,19). The first-order valence-electron chi connectivity index (χ1n) is 6.33. The van der Waals surface area contributed by atoms with Gasteiger partial charge in [0.2, 0.25) is 0 Å². The quantitative estimate of drug-likeness (QED) is 0.787. The first kappa shape index (κ1) is 15.6. The summed E-state index contributed by atoms with van der Waals surface area (Å²) in [6.45, 7) is 1.60. The molecule has 0 aliphatic rings. The SMILES string of the molecule is Cc1cc(NCC(O)CO)nc(-c2ccc(Cl)c(F)c2)n1. The van der Waals surface area contributed by atoms with Crippen LogP contribution in [0.2, 0.25) is 5.02 Å². The van der Waals surface area contributed by atoms with Gasteiger partial charge in [-0.15, -0.1) is 0 Å². The highest BCUT2D eigenvalue weighted by atomic mass is 35.5. The molecule has 0 spiro atoms. The number of nitrogens with one attached hydrogen (secondary N) is 1. The summed E-state index contributed by atoms with van der Waals surface area (Å²) in [5, 5.41) is 21.0. The normalized spacial score (nSPS) is 12.2. The number of aliphatic hydroxyl groups excluding tert-OH is 2. The summed E-state index contributed by atoms with van der Waals surface area (Å²) in [4.78, 5) is 8.51. The average Bonchev–Trinajstić information content (AvgIpc) is 2.47. The van der Waals surface area contributed by atoms with E-state index in [1.807, 2.05) is 0 Å². The van der Waals surface area contributed by atoms with Crippen LogP contribution in [0.15, 0.2) is 24.3 Å². The highest BCUT2D eigenvalue weighted by Gasteiger charge is 2.09. The molecule has 1 aromatic heterocycles. The van der Waals surface area contributed by atoms with Crippen LogP contribution < -0.4 is 5.32 Å². The van der Waals surface area contributed by atoms with Gasteiger partial charge in [0, 0.05) is 23.9 Å². The minimum Gasteiger partial charge on any atom is -0.394 e. The minimum absolute atomic E-state index is 0.0378.